The van der Waals surface area contributed by atoms with Crippen LogP contribution in [0.1, 0.15) is 17.9 Å². The third-order valence-electron chi connectivity index (χ3n) is 7.29. The molecule has 3 aliphatic heterocycles. The summed E-state index contributed by atoms with van der Waals surface area (Å²) >= 11 is 0. The number of fused-ring (bicyclic) bond motifs is 5. The van der Waals surface area contributed by atoms with Crippen LogP contribution in [0, 0.1) is 0 Å². The van der Waals surface area contributed by atoms with E-state index in [0.29, 0.717) is 38.6 Å². The topological polar surface area (TPSA) is 83.6 Å². The van der Waals surface area contributed by atoms with E-state index in [1.807, 2.05) is 59.8 Å². The van der Waals surface area contributed by atoms with E-state index in [1.165, 1.54) is 0 Å². The van der Waals surface area contributed by atoms with Crippen LogP contribution in [0.15, 0.2) is 60.9 Å². The van der Waals surface area contributed by atoms with Crippen LogP contribution in [-0.4, -0.2) is 59.8 Å². The van der Waals surface area contributed by atoms with Crippen molar-refractivity contribution in [3.63, 3.8) is 0 Å². The molecule has 4 aromatic rings. The first-order chi connectivity index (χ1) is 17.3. The van der Waals surface area contributed by atoms with Crippen LogP contribution >= 0.6 is 0 Å². The number of benzene rings is 2. The number of aromatic amines is 1. The molecule has 7 rings (SSSR count). The molecule has 2 unspecified atom stereocenters. The number of H-pyrrole nitrogens is 1. The number of hydrogen-bond donors (Lipinski definition) is 1. The highest BCUT2D eigenvalue weighted by Crippen LogP contribution is 2.40. The molecule has 3 aliphatic rings. The highest BCUT2D eigenvalue weighted by atomic mass is 16.5. The molecule has 2 aromatic heterocycles. The van der Waals surface area contributed by atoms with Crippen molar-refractivity contribution in [3.8, 4) is 17.1 Å². The van der Waals surface area contributed by atoms with Crippen molar-refractivity contribution in [2.24, 2.45) is 0 Å². The predicted molar refractivity (Wildman–Crippen MR) is 133 cm³/mol. The van der Waals surface area contributed by atoms with Crippen molar-refractivity contribution < 1.29 is 14.3 Å². The number of hydrogen-bond acceptors (Lipinski definition) is 6. The van der Waals surface area contributed by atoms with Gasteiger partial charge in [-0.1, -0.05) is 30.3 Å². The Balaban J connectivity index is 1.26. The molecular weight excluding hydrogens is 442 g/mol. The molecule has 1 amide bonds. The second-order valence-electron chi connectivity index (χ2n) is 9.32. The normalized spacial score (nSPS) is 20.8. The van der Waals surface area contributed by atoms with Gasteiger partial charge in [-0.15, -0.1) is 0 Å². The molecule has 1 N–H and O–H groups in total. The predicted octanol–water partition coefficient (Wildman–Crippen LogP) is 3.74. The summed E-state index contributed by atoms with van der Waals surface area (Å²) < 4.78 is 11.6. The Labute approximate surface area is 202 Å². The molecule has 0 radical (unpaired) electrons. The zero-order valence-electron chi connectivity index (χ0n) is 19.2. The van der Waals surface area contributed by atoms with E-state index in [4.69, 9.17) is 19.4 Å². The minimum absolute atomic E-state index is 0.0502. The lowest BCUT2D eigenvalue weighted by Crippen LogP contribution is -2.57. The molecule has 0 aliphatic carbocycles. The van der Waals surface area contributed by atoms with E-state index < -0.39 is 0 Å². The van der Waals surface area contributed by atoms with Crippen molar-refractivity contribution in [3.05, 3.63) is 66.5 Å². The second-order valence-corrected chi connectivity index (χ2v) is 9.32. The van der Waals surface area contributed by atoms with Crippen molar-refractivity contribution in [2.75, 3.05) is 42.7 Å². The van der Waals surface area contributed by atoms with Crippen molar-refractivity contribution >= 4 is 28.3 Å². The van der Waals surface area contributed by atoms with Gasteiger partial charge in [-0.05, 0) is 18.2 Å². The summed E-state index contributed by atoms with van der Waals surface area (Å²) in [5.41, 5.74) is 3.89. The highest BCUT2D eigenvalue weighted by molar-refractivity contribution is 5.99. The largest absolute Gasteiger partial charge is 0.493 e. The first-order valence-electron chi connectivity index (χ1n) is 12.1. The third kappa shape index (κ3) is 3.36. The number of anilines is 2. The van der Waals surface area contributed by atoms with Gasteiger partial charge in [0.25, 0.3) is 0 Å². The van der Waals surface area contributed by atoms with Crippen LogP contribution in [0.4, 0.5) is 11.5 Å². The molecule has 8 heteroatoms. The van der Waals surface area contributed by atoms with Crippen molar-refractivity contribution in [1.29, 1.82) is 0 Å². The average Bonchev–Trinajstić information content (AvgIpc) is 3.55. The third-order valence-corrected chi connectivity index (χ3v) is 7.29. The van der Waals surface area contributed by atoms with Gasteiger partial charge in [-0.2, -0.15) is 0 Å². The number of carbonyl (C=O) groups is 1. The van der Waals surface area contributed by atoms with Crippen LogP contribution in [0.25, 0.3) is 22.3 Å². The van der Waals surface area contributed by atoms with E-state index >= 15 is 0 Å². The lowest BCUT2D eigenvalue weighted by Gasteiger charge is -2.45. The first kappa shape index (κ1) is 20.5. The van der Waals surface area contributed by atoms with E-state index in [2.05, 4.69) is 16.0 Å². The summed E-state index contributed by atoms with van der Waals surface area (Å²) in [7, 11) is 0. The quantitative estimate of drug-likeness (QED) is 0.494. The standard InChI is InChI=1S/C27H25N5O3/c33-25(12-17-15-35-24-7-2-1-4-19(17)24)32-14-18-16-34-11-10-31(18)27-23(32)13-29-26(30-27)21-5-3-6-22-20(21)8-9-28-22/h1-9,13,17-18,28H,10-12,14-16H2. The highest BCUT2D eigenvalue weighted by Gasteiger charge is 2.38. The number of ether oxygens (including phenoxy) is 2. The molecule has 0 spiro atoms. The maximum Gasteiger partial charge on any atom is 0.227 e. The van der Waals surface area contributed by atoms with Crippen LogP contribution in [0.5, 0.6) is 5.75 Å². The van der Waals surface area contributed by atoms with Gasteiger partial charge in [0.15, 0.2) is 11.6 Å². The monoisotopic (exact) mass is 467 g/mol. The van der Waals surface area contributed by atoms with Gasteiger partial charge in [-0.3, -0.25) is 4.79 Å². The molecule has 8 nitrogen and oxygen atoms in total. The number of aromatic nitrogens is 3. The van der Waals surface area contributed by atoms with Crippen LogP contribution in [-0.2, 0) is 9.53 Å². The van der Waals surface area contributed by atoms with Gasteiger partial charge in [0.2, 0.25) is 5.91 Å². The lowest BCUT2D eigenvalue weighted by molar-refractivity contribution is -0.119. The Kier molecular flexibility index (Phi) is 4.73. The number of nitrogens with zero attached hydrogens (tertiary/aromatic N) is 4. The molecule has 1 saturated heterocycles. The Bertz CT molecular complexity index is 1430. The zero-order chi connectivity index (χ0) is 23.4. The Morgan fingerprint density at radius 3 is 3.03 bits per heavy atom. The van der Waals surface area contributed by atoms with Gasteiger partial charge in [-0.25, -0.2) is 9.97 Å². The van der Waals surface area contributed by atoms with Gasteiger partial charge in [0, 0.05) is 53.7 Å². The Morgan fingerprint density at radius 1 is 1.11 bits per heavy atom. The van der Waals surface area contributed by atoms with Crippen LogP contribution in [0.3, 0.4) is 0 Å². The molecule has 2 atom stereocenters. The maximum absolute atomic E-state index is 13.6. The summed E-state index contributed by atoms with van der Waals surface area (Å²) in [4.78, 5) is 30.8. The van der Waals surface area contributed by atoms with E-state index in [0.717, 1.165) is 45.8 Å². The molecule has 0 bridgehead atoms. The summed E-state index contributed by atoms with van der Waals surface area (Å²) in [6.07, 6.45) is 4.12. The molecule has 35 heavy (non-hydrogen) atoms. The fraction of sp³-hybridized carbons (Fsp3) is 0.296. The molecule has 1 fully saturated rings. The smallest absolute Gasteiger partial charge is 0.227 e. The van der Waals surface area contributed by atoms with Gasteiger partial charge in [0.1, 0.15) is 11.4 Å². The van der Waals surface area contributed by atoms with E-state index in [9.17, 15) is 4.79 Å². The summed E-state index contributed by atoms with van der Waals surface area (Å²) in [6, 6.07) is 16.2. The maximum atomic E-state index is 13.6. The number of carbonyl (C=O) groups excluding carboxylic acids is 1. The molecule has 5 heterocycles. The zero-order valence-corrected chi connectivity index (χ0v) is 19.2. The first-order valence-corrected chi connectivity index (χ1v) is 12.1. The summed E-state index contributed by atoms with van der Waals surface area (Å²) in [5, 5.41) is 1.08. The molecule has 0 saturated carbocycles. The van der Waals surface area contributed by atoms with E-state index in [1.54, 1.807) is 0 Å². The minimum atomic E-state index is 0.0502. The summed E-state index contributed by atoms with van der Waals surface area (Å²) in [6.45, 7) is 3.06. The van der Waals surface area contributed by atoms with Crippen molar-refractivity contribution in [1.82, 2.24) is 15.0 Å². The molecule has 176 valence electrons. The van der Waals surface area contributed by atoms with Crippen molar-refractivity contribution in [2.45, 2.75) is 18.4 Å². The van der Waals surface area contributed by atoms with Gasteiger partial charge < -0.3 is 24.3 Å². The number of rotatable bonds is 3. The number of amides is 1. The SMILES string of the molecule is O=C(CC1COc2ccccc21)N1CC2COCCN2c2nc(-c3cccc4[nH]ccc34)ncc21. The van der Waals surface area contributed by atoms with E-state index in [-0.39, 0.29) is 17.9 Å². The number of para-hydroxylation sites is 1. The summed E-state index contributed by atoms with van der Waals surface area (Å²) in [5.74, 6) is 2.45. The van der Waals surface area contributed by atoms with Gasteiger partial charge in [0.05, 0.1) is 32.1 Å². The molecule has 2 aromatic carbocycles. The van der Waals surface area contributed by atoms with Crippen LogP contribution < -0.4 is 14.5 Å². The average molecular weight is 468 g/mol. The molecular formula is C27H25N5O3. The Hall–Kier alpha value is -3.91. The second kappa shape index (κ2) is 8.09. The number of morpholine rings is 1. The number of nitrogens with one attached hydrogen (secondary N) is 1. The van der Waals surface area contributed by atoms with Crippen LogP contribution in [0.2, 0.25) is 0 Å². The Morgan fingerprint density at radius 2 is 2.06 bits per heavy atom. The lowest BCUT2D eigenvalue weighted by atomic mass is 9.96. The fourth-order valence-electron chi connectivity index (χ4n) is 5.53. The van der Waals surface area contributed by atoms with Gasteiger partial charge >= 0.3 is 0 Å². The minimum Gasteiger partial charge on any atom is -0.493 e. The fourth-order valence-corrected chi connectivity index (χ4v) is 5.53.